The van der Waals surface area contributed by atoms with E-state index in [4.69, 9.17) is 0 Å². The minimum Gasteiger partial charge on any atom is -1.00 e. The highest BCUT2D eigenvalue weighted by atomic mass is 127. The molecular weight excluding hydrogens is 397 g/mol. The fourth-order valence-electron chi connectivity index (χ4n) is 2.40. The largest absolute Gasteiger partial charge is 1.00 e. The van der Waals surface area contributed by atoms with Crippen LogP contribution in [-0.2, 0) is 6.54 Å². The van der Waals surface area contributed by atoms with Crippen molar-refractivity contribution < 1.29 is 28.5 Å². The van der Waals surface area contributed by atoms with Crippen LogP contribution < -0.4 is 28.5 Å². The molecule has 0 fully saturated rings. The van der Waals surface area contributed by atoms with Crippen LogP contribution in [-0.4, -0.2) is 0 Å². The fraction of sp³-hybridized carbons (Fsp3) is 0.211. The molecule has 0 saturated carbocycles. The van der Waals surface area contributed by atoms with E-state index in [0.717, 1.165) is 23.5 Å². The van der Waals surface area contributed by atoms with Gasteiger partial charge in [0.1, 0.15) is 6.54 Å². The van der Waals surface area contributed by atoms with E-state index in [9.17, 15) is 0 Å². The quantitative estimate of drug-likeness (QED) is 0.347. The second kappa shape index (κ2) is 8.72. The zero-order valence-corrected chi connectivity index (χ0v) is 15.3. The minimum atomic E-state index is 0. The maximum Gasteiger partial charge on any atom is 0.171 e. The summed E-state index contributed by atoms with van der Waals surface area (Å²) in [4.78, 5) is 0. The van der Waals surface area contributed by atoms with Crippen LogP contribution in [0.25, 0.3) is 11.1 Å². The van der Waals surface area contributed by atoms with Gasteiger partial charge in [0, 0.05) is 24.1 Å². The van der Waals surface area contributed by atoms with E-state index in [1.165, 1.54) is 18.4 Å². The number of hydrogen-bond donors (Lipinski definition) is 0. The number of nitrogens with zero attached hydrogens (tertiary/aromatic N) is 3. The summed E-state index contributed by atoms with van der Waals surface area (Å²) in [5.74, 6) is 0. The van der Waals surface area contributed by atoms with E-state index in [1.54, 1.807) is 0 Å². The summed E-state index contributed by atoms with van der Waals surface area (Å²) in [6.07, 6.45) is 6.53. The lowest BCUT2D eigenvalue weighted by molar-refractivity contribution is -0.697. The highest BCUT2D eigenvalue weighted by Crippen LogP contribution is 2.34. The molecule has 118 valence electrons. The Morgan fingerprint density at radius 3 is 2.43 bits per heavy atom. The standard InChI is InChI=1S/C19H20N3.HI/c1-2-3-13-22-14-11-17(12-15-22)20-21-19-10-9-16-7-5-4-6-8-18(16)19;/h4-12,14-15H,2-3,13H2,1H3;1H/q+1;/p-1. The van der Waals surface area contributed by atoms with Crippen molar-refractivity contribution in [2.45, 2.75) is 26.3 Å². The van der Waals surface area contributed by atoms with Gasteiger partial charge in [-0.15, -0.1) is 5.11 Å². The third-order valence-corrected chi connectivity index (χ3v) is 3.69. The van der Waals surface area contributed by atoms with E-state index in [1.807, 2.05) is 36.4 Å². The zero-order valence-electron chi connectivity index (χ0n) is 13.2. The number of unbranched alkanes of at least 4 members (excludes halogenated alkanes) is 1. The molecule has 2 aliphatic carbocycles. The molecule has 0 saturated heterocycles. The van der Waals surface area contributed by atoms with Gasteiger partial charge in [-0.2, -0.15) is 5.11 Å². The molecule has 0 spiro atoms. The Morgan fingerprint density at radius 1 is 0.870 bits per heavy atom. The predicted octanol–water partition coefficient (Wildman–Crippen LogP) is 2.30. The van der Waals surface area contributed by atoms with Crippen molar-refractivity contribution in [1.82, 2.24) is 0 Å². The summed E-state index contributed by atoms with van der Waals surface area (Å²) >= 11 is 0. The SMILES string of the molecule is CCCC[n+]1ccc(N=Nc2ccc3cccccc2-3)cc1.[I-]. The first-order chi connectivity index (χ1) is 10.9. The molecule has 0 atom stereocenters. The van der Waals surface area contributed by atoms with Gasteiger partial charge in [0.25, 0.3) is 0 Å². The van der Waals surface area contributed by atoms with Gasteiger partial charge in [-0.1, -0.05) is 49.7 Å². The molecule has 1 aromatic heterocycles. The lowest BCUT2D eigenvalue weighted by Crippen LogP contribution is -3.00. The highest BCUT2D eigenvalue weighted by molar-refractivity contribution is 5.79. The van der Waals surface area contributed by atoms with Crippen LogP contribution in [0.1, 0.15) is 19.8 Å². The second-order valence-corrected chi connectivity index (χ2v) is 5.35. The van der Waals surface area contributed by atoms with Gasteiger partial charge < -0.3 is 24.0 Å². The topological polar surface area (TPSA) is 28.6 Å². The van der Waals surface area contributed by atoms with Gasteiger partial charge in [0.2, 0.25) is 0 Å². The maximum absolute atomic E-state index is 4.40. The molecule has 0 bridgehead atoms. The van der Waals surface area contributed by atoms with Crippen molar-refractivity contribution in [2.75, 3.05) is 0 Å². The first-order valence-electron chi connectivity index (χ1n) is 7.75. The molecule has 0 unspecified atom stereocenters. The summed E-state index contributed by atoms with van der Waals surface area (Å²) in [5, 5.41) is 8.75. The number of hydrogen-bond acceptors (Lipinski definition) is 2. The van der Waals surface area contributed by atoms with Crippen molar-refractivity contribution in [2.24, 2.45) is 10.2 Å². The molecule has 0 amide bonds. The summed E-state index contributed by atoms with van der Waals surface area (Å²) in [5.41, 5.74) is 4.10. The molecule has 0 aromatic carbocycles. The van der Waals surface area contributed by atoms with Crippen LogP contribution in [0.15, 0.2) is 77.2 Å². The Hall–Kier alpha value is -1.82. The van der Waals surface area contributed by atoms with Crippen LogP contribution in [0.3, 0.4) is 0 Å². The van der Waals surface area contributed by atoms with Crippen LogP contribution >= 0.6 is 0 Å². The number of aromatic nitrogens is 1. The monoisotopic (exact) mass is 417 g/mol. The van der Waals surface area contributed by atoms with Crippen molar-refractivity contribution in [3.8, 4) is 11.1 Å². The number of fused-ring (bicyclic) bond motifs is 1. The lowest BCUT2D eigenvalue weighted by atomic mass is 10.2. The Kier molecular flexibility index (Phi) is 6.65. The first-order valence-corrected chi connectivity index (χ1v) is 7.75. The summed E-state index contributed by atoms with van der Waals surface area (Å²) < 4.78 is 2.18. The summed E-state index contributed by atoms with van der Waals surface area (Å²) in [6.45, 7) is 3.26. The van der Waals surface area contributed by atoms with E-state index in [2.05, 4.69) is 52.3 Å². The summed E-state index contributed by atoms with van der Waals surface area (Å²) in [7, 11) is 0. The van der Waals surface area contributed by atoms with Crippen molar-refractivity contribution >= 4 is 11.4 Å². The predicted molar refractivity (Wildman–Crippen MR) is 88.8 cm³/mol. The van der Waals surface area contributed by atoms with E-state index in [0.29, 0.717) is 0 Å². The number of rotatable bonds is 5. The molecule has 0 radical (unpaired) electrons. The zero-order chi connectivity index (χ0) is 15.2. The highest BCUT2D eigenvalue weighted by Gasteiger charge is 2.06. The first kappa shape index (κ1) is 17.5. The lowest BCUT2D eigenvalue weighted by Gasteiger charge is -1.96. The molecule has 23 heavy (non-hydrogen) atoms. The number of pyridine rings is 1. The second-order valence-electron chi connectivity index (χ2n) is 5.35. The van der Waals surface area contributed by atoms with Gasteiger partial charge in [0.05, 0.1) is 11.4 Å². The van der Waals surface area contributed by atoms with Crippen molar-refractivity contribution in [3.05, 3.63) is 67.0 Å². The summed E-state index contributed by atoms with van der Waals surface area (Å²) in [6, 6.07) is 18.4. The molecule has 1 heterocycles. The maximum atomic E-state index is 4.40. The molecule has 2 aliphatic rings. The van der Waals surface area contributed by atoms with E-state index in [-0.39, 0.29) is 24.0 Å². The van der Waals surface area contributed by atoms with E-state index < -0.39 is 0 Å². The number of azo groups is 1. The Balaban J connectivity index is 0.00000192. The van der Waals surface area contributed by atoms with Crippen LogP contribution in [0.4, 0.5) is 11.4 Å². The number of aryl methyl sites for hydroxylation is 1. The smallest absolute Gasteiger partial charge is 0.171 e. The molecule has 3 rings (SSSR count). The van der Waals surface area contributed by atoms with E-state index >= 15 is 0 Å². The van der Waals surface area contributed by atoms with Gasteiger partial charge in [-0.3, -0.25) is 0 Å². The molecule has 3 nitrogen and oxygen atoms in total. The fourth-order valence-corrected chi connectivity index (χ4v) is 2.40. The Labute approximate surface area is 154 Å². The third kappa shape index (κ3) is 4.58. The van der Waals surface area contributed by atoms with Gasteiger partial charge >= 0.3 is 0 Å². The van der Waals surface area contributed by atoms with Crippen LogP contribution in [0.2, 0.25) is 0 Å². The third-order valence-electron chi connectivity index (χ3n) is 3.69. The van der Waals surface area contributed by atoms with Crippen LogP contribution in [0.5, 0.6) is 0 Å². The van der Waals surface area contributed by atoms with Gasteiger partial charge in [0.15, 0.2) is 12.4 Å². The average Bonchev–Trinajstić information content (AvgIpc) is 2.78. The molecule has 0 N–H and O–H groups in total. The minimum absolute atomic E-state index is 0. The molecule has 0 aliphatic heterocycles. The molecular formula is C19H20IN3. The Bertz CT molecular complexity index is 738. The van der Waals surface area contributed by atoms with Crippen molar-refractivity contribution in [1.29, 1.82) is 0 Å². The molecule has 1 aromatic rings. The number of halogens is 1. The van der Waals surface area contributed by atoms with Crippen LogP contribution in [0, 0.1) is 0 Å². The van der Waals surface area contributed by atoms with Crippen molar-refractivity contribution in [3.63, 3.8) is 0 Å². The Morgan fingerprint density at radius 2 is 1.65 bits per heavy atom. The average molecular weight is 417 g/mol. The molecule has 4 heteroatoms. The van der Waals surface area contributed by atoms with Gasteiger partial charge in [-0.25, -0.2) is 4.57 Å². The normalized spacial score (nSPS) is 10.8. The van der Waals surface area contributed by atoms with Gasteiger partial charge in [-0.05, 0) is 11.6 Å².